The first-order valence-electron chi connectivity index (χ1n) is 16.2. The smallest absolute Gasteiger partial charge is 0.315 e. The Bertz CT molecular complexity index is 1280. The highest BCUT2D eigenvalue weighted by Gasteiger charge is 2.70. The highest BCUT2D eigenvalue weighted by Crippen LogP contribution is 2.65. The molecule has 5 amide bonds. The van der Waals surface area contributed by atoms with Crippen molar-refractivity contribution in [1.29, 1.82) is 0 Å². The molecule has 3 saturated carbocycles. The van der Waals surface area contributed by atoms with Gasteiger partial charge in [-0.25, -0.2) is 4.79 Å². The number of Topliss-reactive ketones (excluding diaryl/α,β-unsaturated/α-hetero) is 1. The lowest BCUT2D eigenvalue weighted by atomic mass is 9.79. The van der Waals surface area contributed by atoms with E-state index in [0.717, 1.165) is 51.4 Å². The third-order valence-electron chi connectivity index (χ3n) is 10.6. The Balaban J connectivity index is 1.33. The number of piperidine rings is 1. The number of urea groups is 1. The number of nitrogens with two attached hydrogens (primary N) is 1. The van der Waals surface area contributed by atoms with Crippen molar-refractivity contribution in [3.8, 4) is 0 Å². The molecule has 4 fully saturated rings. The molecule has 1 saturated heterocycles. The molecule has 242 valence electrons. The molecule has 1 aromatic heterocycles. The Morgan fingerprint density at radius 2 is 1.75 bits per heavy atom. The van der Waals surface area contributed by atoms with Crippen LogP contribution >= 0.6 is 11.3 Å². The van der Waals surface area contributed by atoms with Gasteiger partial charge >= 0.3 is 6.03 Å². The number of hydrogen-bond acceptors (Lipinski definition) is 6. The Morgan fingerprint density at radius 3 is 2.32 bits per heavy atom. The van der Waals surface area contributed by atoms with E-state index in [1.165, 1.54) is 4.88 Å². The number of nitrogens with one attached hydrogen (secondary N) is 3. The molecule has 0 bridgehead atoms. The number of thiophene rings is 1. The van der Waals surface area contributed by atoms with Gasteiger partial charge in [0.05, 0.1) is 6.04 Å². The molecule has 4 aliphatic rings. The molecule has 5 atom stereocenters. The largest absolute Gasteiger partial charge is 0.363 e. The van der Waals surface area contributed by atoms with Gasteiger partial charge in [0.25, 0.3) is 5.91 Å². The standard InChI is InChI=1S/C33H49N5O5S/c1-31(2,3)26(36-30(43)37-33(13-7-6-8-14-33)17-20-10-9-15-44-20)29(42)38-18-21-23(32(21,4)5)24(38)28(41)35-22(16-19-11-12-19)25(39)27(34)40/h9-10,15,19,21-24,26H,6-8,11-14,16-18H2,1-5H3,(H2,34,40)(H,35,41)(H2,36,37,43)/t21-,22?,23-,24-,26+/m0/s1. The maximum absolute atomic E-state index is 14.3. The number of nitrogens with zero attached hydrogens (tertiary/aromatic N) is 1. The summed E-state index contributed by atoms with van der Waals surface area (Å²) in [6, 6.07) is 1.07. The molecular weight excluding hydrogens is 578 g/mol. The van der Waals surface area contributed by atoms with Crippen LogP contribution in [0.3, 0.4) is 0 Å². The summed E-state index contributed by atoms with van der Waals surface area (Å²) in [5.41, 5.74) is 4.16. The van der Waals surface area contributed by atoms with E-state index in [0.29, 0.717) is 13.0 Å². The Labute approximate surface area is 264 Å². The van der Waals surface area contributed by atoms with E-state index < -0.39 is 41.1 Å². The lowest BCUT2D eigenvalue weighted by molar-refractivity contribution is -0.145. The molecule has 44 heavy (non-hydrogen) atoms. The quantitative estimate of drug-likeness (QED) is 0.277. The number of carbonyl (C=O) groups is 5. The van der Waals surface area contributed by atoms with Crippen molar-refractivity contribution < 1.29 is 24.0 Å². The van der Waals surface area contributed by atoms with Gasteiger partial charge in [0, 0.05) is 23.4 Å². The second-order valence-electron chi connectivity index (χ2n) is 15.4. The molecule has 0 radical (unpaired) electrons. The van der Waals surface area contributed by atoms with Crippen molar-refractivity contribution >= 4 is 40.9 Å². The molecule has 0 aromatic carbocycles. The zero-order valence-corrected chi connectivity index (χ0v) is 27.6. The van der Waals surface area contributed by atoms with Crippen molar-refractivity contribution in [2.45, 2.75) is 116 Å². The second kappa shape index (κ2) is 12.1. The van der Waals surface area contributed by atoms with E-state index in [1.807, 2.05) is 32.2 Å². The van der Waals surface area contributed by atoms with E-state index >= 15 is 0 Å². The number of ketones is 1. The molecule has 5 rings (SSSR count). The van der Waals surface area contributed by atoms with Crippen LogP contribution < -0.4 is 21.7 Å². The van der Waals surface area contributed by atoms with Gasteiger partial charge in [0.2, 0.25) is 17.6 Å². The number of rotatable bonds is 11. The summed E-state index contributed by atoms with van der Waals surface area (Å²) in [4.78, 5) is 69.0. The van der Waals surface area contributed by atoms with E-state index in [9.17, 15) is 24.0 Å². The normalized spacial score (nSPS) is 26.6. The molecule has 1 aromatic rings. The second-order valence-corrected chi connectivity index (χ2v) is 16.4. The highest BCUT2D eigenvalue weighted by molar-refractivity contribution is 7.09. The Hall–Kier alpha value is -2.95. The fraction of sp³-hybridized carbons (Fsp3) is 0.727. The van der Waals surface area contributed by atoms with Gasteiger partial charge in [-0.15, -0.1) is 11.3 Å². The molecule has 3 aliphatic carbocycles. The van der Waals surface area contributed by atoms with Gasteiger partial charge in [0.1, 0.15) is 12.1 Å². The molecule has 10 nitrogen and oxygen atoms in total. The van der Waals surface area contributed by atoms with Crippen LogP contribution in [-0.4, -0.2) is 64.6 Å². The highest BCUT2D eigenvalue weighted by atomic mass is 32.1. The molecule has 1 aliphatic heterocycles. The predicted molar refractivity (Wildman–Crippen MR) is 168 cm³/mol. The van der Waals surface area contributed by atoms with Gasteiger partial charge in [-0.1, -0.05) is 72.8 Å². The number of carbonyl (C=O) groups excluding carboxylic acids is 5. The summed E-state index contributed by atoms with van der Waals surface area (Å²) in [5.74, 6) is -2.31. The molecule has 11 heteroatoms. The SMILES string of the molecule is CC(C)(C)[C@H](NC(=O)NC1(Cc2cccs2)CCCCC1)C(=O)N1C[C@H]2[C@@H]([C@H]1C(=O)NC(CC1CC1)C(=O)C(N)=O)C2(C)C. The summed E-state index contributed by atoms with van der Waals surface area (Å²) >= 11 is 1.69. The Morgan fingerprint density at radius 1 is 1.07 bits per heavy atom. The zero-order valence-electron chi connectivity index (χ0n) is 26.7. The minimum atomic E-state index is -1.07. The van der Waals surface area contributed by atoms with Crippen LogP contribution in [0.4, 0.5) is 4.79 Å². The van der Waals surface area contributed by atoms with Crippen molar-refractivity contribution in [3.05, 3.63) is 22.4 Å². The summed E-state index contributed by atoms with van der Waals surface area (Å²) in [6.07, 6.45) is 7.99. The molecule has 0 spiro atoms. The predicted octanol–water partition coefficient (Wildman–Crippen LogP) is 3.53. The van der Waals surface area contributed by atoms with Gasteiger partial charge in [0.15, 0.2) is 0 Å². The van der Waals surface area contributed by atoms with Crippen LogP contribution in [0.2, 0.25) is 0 Å². The van der Waals surface area contributed by atoms with Crippen LogP contribution in [-0.2, 0) is 25.6 Å². The van der Waals surface area contributed by atoms with Gasteiger partial charge < -0.3 is 26.6 Å². The van der Waals surface area contributed by atoms with Crippen LogP contribution in [0, 0.1) is 28.6 Å². The fourth-order valence-electron chi connectivity index (χ4n) is 7.70. The van der Waals surface area contributed by atoms with Crippen molar-refractivity contribution in [2.24, 2.45) is 34.3 Å². The lowest BCUT2D eigenvalue weighted by Gasteiger charge is -2.40. The van der Waals surface area contributed by atoms with E-state index in [4.69, 9.17) is 5.73 Å². The van der Waals surface area contributed by atoms with Crippen molar-refractivity contribution in [3.63, 3.8) is 0 Å². The van der Waals surface area contributed by atoms with Gasteiger partial charge in [-0.05, 0) is 59.3 Å². The number of likely N-dealkylation sites (tertiary alicyclic amines) is 1. The number of fused-ring (bicyclic) bond motifs is 1. The Kier molecular flexibility index (Phi) is 8.92. The number of primary amides is 1. The number of amides is 5. The summed E-state index contributed by atoms with van der Waals surface area (Å²) in [6.45, 7) is 10.3. The maximum Gasteiger partial charge on any atom is 0.315 e. The summed E-state index contributed by atoms with van der Waals surface area (Å²) in [7, 11) is 0. The minimum Gasteiger partial charge on any atom is -0.363 e. The monoisotopic (exact) mass is 627 g/mol. The third kappa shape index (κ3) is 6.82. The summed E-state index contributed by atoms with van der Waals surface area (Å²) in [5, 5.41) is 11.2. The van der Waals surface area contributed by atoms with Crippen LogP contribution in [0.5, 0.6) is 0 Å². The van der Waals surface area contributed by atoms with Crippen LogP contribution in [0.25, 0.3) is 0 Å². The zero-order chi connectivity index (χ0) is 32.0. The van der Waals surface area contributed by atoms with Gasteiger partial charge in [-0.2, -0.15) is 0 Å². The number of hydrogen-bond donors (Lipinski definition) is 4. The maximum atomic E-state index is 14.3. The van der Waals surface area contributed by atoms with Crippen LogP contribution in [0.15, 0.2) is 17.5 Å². The first kappa shape index (κ1) is 32.4. The molecule has 1 unspecified atom stereocenters. The van der Waals surface area contributed by atoms with E-state index in [-0.39, 0.29) is 40.6 Å². The lowest BCUT2D eigenvalue weighted by Crippen LogP contribution is -2.63. The topological polar surface area (TPSA) is 151 Å². The average molecular weight is 628 g/mol. The molecular formula is C33H49N5O5S. The van der Waals surface area contributed by atoms with Crippen molar-refractivity contribution in [1.82, 2.24) is 20.9 Å². The summed E-state index contributed by atoms with van der Waals surface area (Å²) < 4.78 is 0. The van der Waals surface area contributed by atoms with E-state index in [2.05, 4.69) is 35.9 Å². The first-order valence-corrected chi connectivity index (χ1v) is 17.1. The molecule has 2 heterocycles. The minimum absolute atomic E-state index is 0.0811. The average Bonchev–Trinajstić information content (AvgIpc) is 3.66. The van der Waals surface area contributed by atoms with Gasteiger partial charge in [-0.3, -0.25) is 19.2 Å². The van der Waals surface area contributed by atoms with E-state index in [1.54, 1.807) is 16.2 Å². The molecule has 5 N–H and O–H groups in total. The van der Waals surface area contributed by atoms with Crippen molar-refractivity contribution in [2.75, 3.05) is 6.54 Å². The first-order chi connectivity index (χ1) is 20.6. The third-order valence-corrected chi connectivity index (χ3v) is 11.4. The van der Waals surface area contributed by atoms with Crippen LogP contribution in [0.1, 0.15) is 90.9 Å². The fourth-order valence-corrected chi connectivity index (χ4v) is 8.55.